The summed E-state index contributed by atoms with van der Waals surface area (Å²) < 4.78 is 0. The van der Waals surface area contributed by atoms with Crippen LogP contribution < -0.4 is 10.2 Å². The Kier molecular flexibility index (Phi) is 13.8. The second-order valence-electron chi connectivity index (χ2n) is 14.6. The van der Waals surface area contributed by atoms with Gasteiger partial charge in [-0.1, -0.05) is 73.0 Å². The molecule has 0 bridgehead atoms. The van der Waals surface area contributed by atoms with Crippen LogP contribution in [-0.4, -0.2) is 131 Å². The Labute approximate surface area is 301 Å². The van der Waals surface area contributed by atoms with Gasteiger partial charge in [0.25, 0.3) is 0 Å². The molecule has 2 aliphatic rings. The molecule has 2 aliphatic heterocycles. The minimum atomic E-state index is -0.186. The fourth-order valence-electron chi connectivity index (χ4n) is 6.83. The van der Waals surface area contributed by atoms with Crippen molar-refractivity contribution in [3.63, 3.8) is 0 Å². The van der Waals surface area contributed by atoms with Gasteiger partial charge in [-0.15, -0.1) is 0 Å². The largest absolute Gasteiger partial charge is 0.345 e. The minimum Gasteiger partial charge on any atom is -0.345 e. The first-order chi connectivity index (χ1) is 24.2. The lowest BCUT2D eigenvalue weighted by molar-refractivity contribution is -0.122. The second kappa shape index (κ2) is 18.5. The molecule has 9 heteroatoms. The molecule has 1 atom stereocenters. The van der Waals surface area contributed by atoms with E-state index in [1.165, 1.54) is 36.0 Å². The number of unbranched alkanes of at least 4 members (excludes halogenated alkanes) is 3. The number of aliphatic imine (C=N–C) groups is 1. The van der Waals surface area contributed by atoms with E-state index in [9.17, 15) is 4.79 Å². The van der Waals surface area contributed by atoms with Crippen molar-refractivity contribution in [1.29, 1.82) is 0 Å². The number of aryl methyl sites for hydroxylation is 1. The Morgan fingerprint density at radius 1 is 0.740 bits per heavy atom. The van der Waals surface area contributed by atoms with Crippen molar-refractivity contribution < 1.29 is 4.79 Å². The van der Waals surface area contributed by atoms with E-state index in [1.54, 1.807) is 0 Å². The van der Waals surface area contributed by atoms with Gasteiger partial charge in [-0.25, -0.2) is 4.99 Å². The Balaban J connectivity index is 1.33. The Morgan fingerprint density at radius 2 is 1.34 bits per heavy atom. The van der Waals surface area contributed by atoms with Gasteiger partial charge in [-0.2, -0.15) is 0 Å². The molecule has 3 aromatic carbocycles. The number of hydrogen-bond donors (Lipinski definition) is 1. The number of fused-ring (bicyclic) bond motifs is 1. The van der Waals surface area contributed by atoms with Crippen molar-refractivity contribution >= 4 is 23.2 Å². The molecule has 5 rings (SSSR count). The molecule has 3 aromatic rings. The summed E-state index contributed by atoms with van der Waals surface area (Å²) in [7, 11) is 10.7. The zero-order valence-electron chi connectivity index (χ0n) is 31.4. The number of carbonyl (C=O) groups excluding carboxylic acids is 1. The zero-order chi connectivity index (χ0) is 35.5. The van der Waals surface area contributed by atoms with Crippen molar-refractivity contribution in [2.24, 2.45) is 4.99 Å². The zero-order valence-corrected chi connectivity index (χ0v) is 31.4. The number of nitrogens with one attached hydrogen (secondary N) is 1. The highest BCUT2D eigenvalue weighted by Crippen LogP contribution is 2.40. The normalized spacial score (nSPS) is 16.8. The number of likely N-dealkylation sites (N-methyl/N-ethyl adjacent to an activating group) is 1. The smallest absolute Gasteiger partial charge is 0.223 e. The molecular formula is C41H60N8O. The summed E-state index contributed by atoms with van der Waals surface area (Å²) in [6, 6.07) is 25.6. The molecule has 1 N–H and O–H groups in total. The van der Waals surface area contributed by atoms with E-state index < -0.39 is 0 Å². The van der Waals surface area contributed by atoms with Crippen LogP contribution in [-0.2, 0) is 4.79 Å². The van der Waals surface area contributed by atoms with Crippen LogP contribution in [0.3, 0.4) is 0 Å². The summed E-state index contributed by atoms with van der Waals surface area (Å²) in [5.74, 6) is 0.956. The molecule has 1 unspecified atom stereocenters. The van der Waals surface area contributed by atoms with Gasteiger partial charge in [0.05, 0.1) is 24.8 Å². The molecular weight excluding hydrogens is 621 g/mol. The molecule has 0 aromatic heterocycles. The highest BCUT2D eigenvalue weighted by atomic mass is 16.1. The number of carbonyl (C=O) groups is 1. The van der Waals surface area contributed by atoms with Crippen molar-refractivity contribution in [2.75, 3.05) is 99.2 Å². The minimum absolute atomic E-state index is 0.0610. The number of benzene rings is 3. The Bertz CT molecular complexity index is 1510. The Morgan fingerprint density at radius 3 is 2.00 bits per heavy atom. The number of para-hydroxylation sites is 1. The van der Waals surface area contributed by atoms with E-state index in [0.717, 1.165) is 81.7 Å². The fourth-order valence-corrected chi connectivity index (χ4v) is 6.83. The molecule has 0 spiro atoms. The molecule has 2 heterocycles. The molecule has 270 valence electrons. The number of amides is 1. The number of rotatable bonds is 16. The first-order valence-electron chi connectivity index (χ1n) is 18.5. The van der Waals surface area contributed by atoms with Crippen molar-refractivity contribution in [2.45, 2.75) is 45.1 Å². The van der Waals surface area contributed by atoms with Gasteiger partial charge in [-0.05, 0) is 83.8 Å². The van der Waals surface area contributed by atoms with Gasteiger partial charge >= 0.3 is 0 Å². The van der Waals surface area contributed by atoms with E-state index in [1.807, 2.05) is 6.07 Å². The summed E-state index contributed by atoms with van der Waals surface area (Å²) in [5.41, 5.74) is 6.69. The van der Waals surface area contributed by atoms with E-state index in [4.69, 9.17) is 4.99 Å². The topological polar surface area (TPSA) is 60.9 Å². The molecule has 9 nitrogen and oxygen atoms in total. The quantitative estimate of drug-likeness (QED) is 0.189. The van der Waals surface area contributed by atoms with Gasteiger partial charge < -0.3 is 24.9 Å². The lowest BCUT2D eigenvalue weighted by atomic mass is 9.96. The molecule has 0 saturated carbocycles. The SMILES string of the molecule is Cc1ccc(-c2ccc(N3C(N(C)CCCCCCN(C)C)=Nc4ccccc4C3CC(=O)NCN3CCN(CCN(C)C)CC3)cc2)cc1. The molecule has 50 heavy (non-hydrogen) atoms. The van der Waals surface area contributed by atoms with E-state index in [0.29, 0.717) is 13.1 Å². The molecule has 1 saturated heterocycles. The van der Waals surface area contributed by atoms with Crippen LogP contribution in [0.4, 0.5) is 11.4 Å². The van der Waals surface area contributed by atoms with Gasteiger partial charge in [0.2, 0.25) is 11.9 Å². The summed E-state index contributed by atoms with van der Waals surface area (Å²) in [4.78, 5) is 33.0. The molecule has 0 aliphatic carbocycles. The van der Waals surface area contributed by atoms with Gasteiger partial charge in [0, 0.05) is 64.1 Å². The highest BCUT2D eigenvalue weighted by molar-refractivity contribution is 6.01. The lowest BCUT2D eigenvalue weighted by Crippen LogP contribution is -2.51. The van der Waals surface area contributed by atoms with E-state index in [-0.39, 0.29) is 11.9 Å². The third kappa shape index (κ3) is 10.6. The van der Waals surface area contributed by atoms with Crippen molar-refractivity contribution in [1.82, 2.24) is 29.8 Å². The summed E-state index contributed by atoms with van der Waals surface area (Å²) in [6.45, 7) is 10.9. The maximum Gasteiger partial charge on any atom is 0.223 e. The lowest BCUT2D eigenvalue weighted by Gasteiger charge is -2.41. The maximum atomic E-state index is 13.8. The van der Waals surface area contributed by atoms with Crippen LogP contribution in [0.15, 0.2) is 77.8 Å². The van der Waals surface area contributed by atoms with Crippen LogP contribution in [0.1, 0.15) is 49.3 Å². The number of anilines is 1. The number of hydrogen-bond acceptors (Lipinski definition) is 8. The summed E-state index contributed by atoms with van der Waals surface area (Å²) in [6.07, 6.45) is 5.06. The summed E-state index contributed by atoms with van der Waals surface area (Å²) >= 11 is 0. The van der Waals surface area contributed by atoms with Crippen LogP contribution in [0, 0.1) is 6.92 Å². The van der Waals surface area contributed by atoms with Crippen LogP contribution >= 0.6 is 0 Å². The van der Waals surface area contributed by atoms with Crippen LogP contribution in [0.2, 0.25) is 0 Å². The average Bonchev–Trinajstić information content (AvgIpc) is 3.11. The monoisotopic (exact) mass is 680 g/mol. The number of piperazine rings is 1. The van der Waals surface area contributed by atoms with Crippen molar-refractivity contribution in [3.05, 3.63) is 83.9 Å². The number of nitrogens with zero attached hydrogens (tertiary/aromatic N) is 7. The van der Waals surface area contributed by atoms with Crippen LogP contribution in [0.25, 0.3) is 11.1 Å². The predicted octanol–water partition coefficient (Wildman–Crippen LogP) is 5.91. The first-order valence-corrected chi connectivity index (χ1v) is 18.5. The molecule has 1 amide bonds. The first kappa shape index (κ1) is 37.5. The van der Waals surface area contributed by atoms with E-state index >= 15 is 0 Å². The predicted molar refractivity (Wildman–Crippen MR) is 209 cm³/mol. The standard InChI is InChI=1S/C41H60N8O/c1-33-15-17-34(18-16-33)35-19-21-36(22-20-35)49-39(31-40(50)42-32-48-29-27-47(28-30-48)26-25-45(4)5)37-13-9-10-14-38(37)43-41(49)46(6)24-12-8-7-11-23-44(2)3/h9-10,13-22,39H,7-8,11-12,23-32H2,1-6H3,(H,42,50). The molecule has 1 fully saturated rings. The fraction of sp³-hybridized carbons (Fsp3) is 0.512. The van der Waals surface area contributed by atoms with Gasteiger partial charge in [0.1, 0.15) is 0 Å². The number of guanidine groups is 1. The molecule has 0 radical (unpaired) electrons. The van der Waals surface area contributed by atoms with Crippen molar-refractivity contribution in [3.8, 4) is 11.1 Å². The third-order valence-electron chi connectivity index (χ3n) is 9.97. The van der Waals surface area contributed by atoms with E-state index in [2.05, 4.69) is 144 Å². The maximum absolute atomic E-state index is 13.8. The highest BCUT2D eigenvalue weighted by Gasteiger charge is 2.34. The second-order valence-corrected chi connectivity index (χ2v) is 14.6. The van der Waals surface area contributed by atoms with Gasteiger partial charge in [0.15, 0.2) is 0 Å². The Hall–Kier alpha value is -3.76. The third-order valence-corrected chi connectivity index (χ3v) is 9.97. The van der Waals surface area contributed by atoms with Gasteiger partial charge in [-0.3, -0.25) is 14.6 Å². The summed E-state index contributed by atoms with van der Waals surface area (Å²) in [5, 5.41) is 3.29. The van der Waals surface area contributed by atoms with Crippen LogP contribution in [0.5, 0.6) is 0 Å². The average molecular weight is 681 g/mol.